The molecule has 8 heteroatoms. The van der Waals surface area contributed by atoms with Crippen molar-refractivity contribution in [3.63, 3.8) is 0 Å². The minimum absolute atomic E-state index is 0.0380. The number of aromatic nitrogens is 2. The molecule has 1 aromatic heterocycles. The second kappa shape index (κ2) is 6.20. The number of alkyl halides is 3. The molecule has 3 rings (SSSR count). The summed E-state index contributed by atoms with van der Waals surface area (Å²) in [7, 11) is 0. The van der Waals surface area contributed by atoms with Gasteiger partial charge in [-0.05, 0) is 24.1 Å². The first kappa shape index (κ1) is 16.4. The van der Waals surface area contributed by atoms with Crippen molar-refractivity contribution in [3.8, 4) is 0 Å². The number of β-amino-alcohol motifs (C(OH)–C–C–N with tert-alkyl or cyclic N) is 1. The number of nitrogens with zero attached hydrogens (tertiary/aromatic N) is 3. The molecular formula is C16H14F3N3O2. The SMILES string of the molecule is O=C(c1cnccn1)N1C[C@H](O)C[C@@H]1c1cccc(C(F)(F)F)c1. The van der Waals surface area contributed by atoms with Crippen molar-refractivity contribution in [1.82, 2.24) is 14.9 Å². The number of carbonyl (C=O) groups is 1. The average Bonchev–Trinajstić information content (AvgIpc) is 2.96. The molecule has 1 aliphatic heterocycles. The summed E-state index contributed by atoms with van der Waals surface area (Å²) in [5.74, 6) is -0.470. The van der Waals surface area contributed by atoms with Gasteiger partial charge in [-0.15, -0.1) is 0 Å². The maximum atomic E-state index is 12.9. The van der Waals surface area contributed by atoms with Crippen molar-refractivity contribution >= 4 is 5.91 Å². The average molecular weight is 337 g/mol. The molecule has 1 N–H and O–H groups in total. The number of rotatable bonds is 2. The molecule has 0 unspecified atom stereocenters. The highest BCUT2D eigenvalue weighted by Crippen LogP contribution is 2.36. The van der Waals surface area contributed by atoms with Crippen LogP contribution in [0.5, 0.6) is 0 Å². The maximum absolute atomic E-state index is 12.9. The molecule has 1 aliphatic rings. The lowest BCUT2D eigenvalue weighted by atomic mass is 10.0. The van der Waals surface area contributed by atoms with Crippen molar-refractivity contribution in [1.29, 1.82) is 0 Å². The zero-order valence-corrected chi connectivity index (χ0v) is 12.4. The molecule has 126 valence electrons. The number of hydrogen-bond acceptors (Lipinski definition) is 4. The highest BCUT2D eigenvalue weighted by molar-refractivity contribution is 5.92. The molecule has 1 amide bonds. The summed E-state index contributed by atoms with van der Waals surface area (Å²) < 4.78 is 38.7. The smallest absolute Gasteiger partial charge is 0.391 e. The van der Waals surface area contributed by atoms with E-state index >= 15 is 0 Å². The second-order valence-electron chi connectivity index (χ2n) is 5.58. The molecule has 5 nitrogen and oxygen atoms in total. The van der Waals surface area contributed by atoms with Crippen molar-refractivity contribution in [2.24, 2.45) is 0 Å². The molecule has 0 aliphatic carbocycles. The third-order valence-corrected chi connectivity index (χ3v) is 3.92. The van der Waals surface area contributed by atoms with Crippen LogP contribution in [-0.4, -0.2) is 38.5 Å². The summed E-state index contributed by atoms with van der Waals surface area (Å²) in [5.41, 5.74) is -0.365. The van der Waals surface area contributed by atoms with Crippen LogP contribution in [0.3, 0.4) is 0 Å². The zero-order chi connectivity index (χ0) is 17.3. The molecule has 0 radical (unpaired) electrons. The minimum Gasteiger partial charge on any atom is -0.391 e. The summed E-state index contributed by atoms with van der Waals surface area (Å²) in [4.78, 5) is 21.6. The third-order valence-electron chi connectivity index (χ3n) is 3.92. The third kappa shape index (κ3) is 3.23. The van der Waals surface area contributed by atoms with E-state index in [1.54, 1.807) is 0 Å². The van der Waals surface area contributed by atoms with Gasteiger partial charge in [0.05, 0.1) is 23.9 Å². The van der Waals surface area contributed by atoms with E-state index in [0.29, 0.717) is 5.56 Å². The summed E-state index contributed by atoms with van der Waals surface area (Å²) in [5, 5.41) is 9.90. The number of hydrogen-bond donors (Lipinski definition) is 1. The lowest BCUT2D eigenvalue weighted by Crippen LogP contribution is -2.32. The summed E-state index contributed by atoms with van der Waals surface area (Å²) in [6.07, 6.45) is -1.03. The van der Waals surface area contributed by atoms with Crippen molar-refractivity contribution in [2.75, 3.05) is 6.54 Å². The van der Waals surface area contributed by atoms with Gasteiger partial charge in [-0.3, -0.25) is 9.78 Å². The van der Waals surface area contributed by atoms with E-state index in [9.17, 15) is 23.1 Å². The van der Waals surface area contributed by atoms with Gasteiger partial charge in [-0.25, -0.2) is 4.98 Å². The molecule has 2 aromatic rings. The van der Waals surface area contributed by atoms with Crippen LogP contribution in [0.4, 0.5) is 13.2 Å². The normalized spacial score (nSPS) is 21.1. The fourth-order valence-corrected chi connectivity index (χ4v) is 2.83. The second-order valence-corrected chi connectivity index (χ2v) is 5.58. The highest BCUT2D eigenvalue weighted by Gasteiger charge is 2.38. The Morgan fingerprint density at radius 1 is 1.29 bits per heavy atom. The van der Waals surface area contributed by atoms with Crippen LogP contribution < -0.4 is 0 Å². The number of benzene rings is 1. The number of aliphatic hydroxyl groups excluding tert-OH is 1. The van der Waals surface area contributed by atoms with Crippen LogP contribution in [0, 0.1) is 0 Å². The van der Waals surface area contributed by atoms with Crippen molar-refractivity contribution in [3.05, 3.63) is 59.7 Å². The molecule has 1 saturated heterocycles. The van der Waals surface area contributed by atoms with E-state index < -0.39 is 29.8 Å². The Hall–Kier alpha value is -2.48. The molecule has 1 fully saturated rings. The van der Waals surface area contributed by atoms with Gasteiger partial charge >= 0.3 is 6.18 Å². The molecular weight excluding hydrogens is 323 g/mol. The number of aliphatic hydroxyl groups is 1. The van der Waals surface area contributed by atoms with Crippen molar-refractivity contribution < 1.29 is 23.1 Å². The molecule has 0 saturated carbocycles. The van der Waals surface area contributed by atoms with Gasteiger partial charge in [-0.2, -0.15) is 13.2 Å². The van der Waals surface area contributed by atoms with E-state index in [0.717, 1.165) is 12.1 Å². The van der Waals surface area contributed by atoms with E-state index in [1.165, 1.54) is 35.6 Å². The number of likely N-dealkylation sites (tertiary alicyclic amines) is 1. The van der Waals surface area contributed by atoms with E-state index in [4.69, 9.17) is 0 Å². The Kier molecular flexibility index (Phi) is 4.23. The van der Waals surface area contributed by atoms with E-state index in [2.05, 4.69) is 9.97 Å². The van der Waals surface area contributed by atoms with Crippen LogP contribution in [0.2, 0.25) is 0 Å². The van der Waals surface area contributed by atoms with Gasteiger partial charge in [0.25, 0.3) is 5.91 Å². The maximum Gasteiger partial charge on any atom is 0.416 e. The quantitative estimate of drug-likeness (QED) is 0.914. The van der Waals surface area contributed by atoms with E-state index in [1.807, 2.05) is 0 Å². The van der Waals surface area contributed by atoms with Gasteiger partial charge < -0.3 is 10.0 Å². The summed E-state index contributed by atoms with van der Waals surface area (Å²) in [6, 6.07) is 4.17. The van der Waals surface area contributed by atoms with Gasteiger partial charge in [-0.1, -0.05) is 12.1 Å². The minimum atomic E-state index is -4.47. The Morgan fingerprint density at radius 3 is 2.75 bits per heavy atom. The van der Waals surface area contributed by atoms with Gasteiger partial charge in [0.2, 0.25) is 0 Å². The Bertz CT molecular complexity index is 737. The lowest BCUT2D eigenvalue weighted by molar-refractivity contribution is -0.137. The monoisotopic (exact) mass is 337 g/mol. The van der Waals surface area contributed by atoms with Gasteiger partial charge in [0, 0.05) is 18.9 Å². The van der Waals surface area contributed by atoms with Crippen LogP contribution in [0.25, 0.3) is 0 Å². The zero-order valence-electron chi connectivity index (χ0n) is 12.4. The predicted octanol–water partition coefficient (Wildman–Crippen LogP) is 2.44. The lowest BCUT2D eigenvalue weighted by Gasteiger charge is -2.25. The van der Waals surface area contributed by atoms with Crippen LogP contribution in [-0.2, 0) is 6.18 Å². The number of halogens is 3. The molecule has 24 heavy (non-hydrogen) atoms. The molecule has 2 heterocycles. The molecule has 0 bridgehead atoms. The standard InChI is InChI=1S/C16H14F3N3O2/c17-16(18,19)11-3-1-2-10(6-11)14-7-12(23)9-22(14)15(24)13-8-20-4-5-21-13/h1-6,8,12,14,23H,7,9H2/t12-,14-/m1/s1. The largest absolute Gasteiger partial charge is 0.416 e. The summed E-state index contributed by atoms with van der Waals surface area (Å²) >= 11 is 0. The number of amides is 1. The van der Waals surface area contributed by atoms with Crippen molar-refractivity contribution in [2.45, 2.75) is 24.7 Å². The molecule has 2 atom stereocenters. The summed E-state index contributed by atoms with van der Waals surface area (Å²) in [6.45, 7) is 0.0380. The fraction of sp³-hybridized carbons (Fsp3) is 0.312. The van der Waals surface area contributed by atoms with Crippen LogP contribution in [0.1, 0.15) is 34.1 Å². The first-order valence-corrected chi connectivity index (χ1v) is 7.28. The van der Waals surface area contributed by atoms with Gasteiger partial charge in [0.1, 0.15) is 5.69 Å². The Balaban J connectivity index is 1.93. The van der Waals surface area contributed by atoms with Gasteiger partial charge in [0.15, 0.2) is 0 Å². The number of carbonyl (C=O) groups excluding carboxylic acids is 1. The van der Waals surface area contributed by atoms with Crippen LogP contribution in [0.15, 0.2) is 42.9 Å². The fourth-order valence-electron chi connectivity index (χ4n) is 2.83. The van der Waals surface area contributed by atoms with Crippen LogP contribution >= 0.6 is 0 Å². The van der Waals surface area contributed by atoms with E-state index in [-0.39, 0.29) is 18.7 Å². The first-order chi connectivity index (χ1) is 11.4. The Morgan fingerprint density at radius 2 is 2.08 bits per heavy atom. The first-order valence-electron chi connectivity index (χ1n) is 7.28. The Labute approximate surface area is 135 Å². The molecule has 1 aromatic carbocycles. The predicted molar refractivity (Wildman–Crippen MR) is 77.9 cm³/mol. The molecule has 0 spiro atoms. The topological polar surface area (TPSA) is 66.3 Å². The highest BCUT2D eigenvalue weighted by atomic mass is 19.4.